The molecule has 1 aromatic heterocycles. The lowest BCUT2D eigenvalue weighted by molar-refractivity contribution is -0.120. The number of nitrogens with zero attached hydrogens (tertiary/aromatic N) is 1. The van der Waals surface area contributed by atoms with Gasteiger partial charge in [-0.2, -0.15) is 0 Å². The molecule has 1 atom stereocenters. The highest BCUT2D eigenvalue weighted by Crippen LogP contribution is 2.08. The Bertz CT molecular complexity index is 298. The molecule has 0 aliphatic carbocycles. The Kier molecular flexibility index (Phi) is 3.69. The first kappa shape index (κ1) is 10.5. The summed E-state index contributed by atoms with van der Waals surface area (Å²) < 4.78 is 0. The van der Waals surface area contributed by atoms with Gasteiger partial charge in [0, 0.05) is 11.1 Å². The summed E-state index contributed by atoms with van der Waals surface area (Å²) in [5.41, 5.74) is 0.980. The SMILES string of the molecule is Cc1csc(CNC(=O)C(C)Cl)n1. The zero-order valence-electron chi connectivity index (χ0n) is 7.50. The Balaban J connectivity index is 2.39. The molecule has 1 heterocycles. The maximum Gasteiger partial charge on any atom is 0.238 e. The van der Waals surface area contributed by atoms with E-state index in [1.807, 2.05) is 12.3 Å². The van der Waals surface area contributed by atoms with Gasteiger partial charge in [-0.15, -0.1) is 22.9 Å². The third-order valence-electron chi connectivity index (χ3n) is 1.44. The van der Waals surface area contributed by atoms with Crippen molar-refractivity contribution in [1.82, 2.24) is 10.3 Å². The molecule has 0 saturated heterocycles. The van der Waals surface area contributed by atoms with E-state index in [9.17, 15) is 4.79 Å². The molecule has 72 valence electrons. The van der Waals surface area contributed by atoms with Crippen LogP contribution in [0.15, 0.2) is 5.38 Å². The van der Waals surface area contributed by atoms with Gasteiger partial charge < -0.3 is 5.32 Å². The van der Waals surface area contributed by atoms with Crippen LogP contribution in [0.1, 0.15) is 17.6 Å². The molecule has 3 nitrogen and oxygen atoms in total. The molecule has 1 N–H and O–H groups in total. The second-order valence-corrected chi connectivity index (χ2v) is 4.31. The molecular formula is C8H11ClN2OS. The highest BCUT2D eigenvalue weighted by molar-refractivity contribution is 7.09. The Hall–Kier alpha value is -0.610. The van der Waals surface area contributed by atoms with Crippen LogP contribution in [0.5, 0.6) is 0 Å². The second-order valence-electron chi connectivity index (χ2n) is 2.72. The molecule has 1 aromatic rings. The van der Waals surface area contributed by atoms with E-state index in [1.165, 1.54) is 11.3 Å². The number of alkyl halides is 1. The highest BCUT2D eigenvalue weighted by Gasteiger charge is 2.08. The quantitative estimate of drug-likeness (QED) is 0.785. The van der Waals surface area contributed by atoms with Gasteiger partial charge in [0.1, 0.15) is 10.4 Å². The van der Waals surface area contributed by atoms with Crippen LogP contribution in [-0.4, -0.2) is 16.3 Å². The molecule has 1 unspecified atom stereocenters. The molecule has 0 bridgehead atoms. The van der Waals surface area contributed by atoms with Gasteiger partial charge >= 0.3 is 0 Å². The van der Waals surface area contributed by atoms with Gasteiger partial charge in [-0.3, -0.25) is 4.79 Å². The van der Waals surface area contributed by atoms with Crippen LogP contribution >= 0.6 is 22.9 Å². The molecule has 0 saturated carbocycles. The molecule has 5 heteroatoms. The van der Waals surface area contributed by atoms with Crippen LogP contribution in [-0.2, 0) is 11.3 Å². The fraction of sp³-hybridized carbons (Fsp3) is 0.500. The first-order chi connectivity index (χ1) is 6.09. The molecule has 0 aromatic carbocycles. The fourth-order valence-corrected chi connectivity index (χ4v) is 1.58. The summed E-state index contributed by atoms with van der Waals surface area (Å²) >= 11 is 7.10. The molecule has 0 aliphatic heterocycles. The van der Waals surface area contributed by atoms with Crippen LogP contribution in [0.25, 0.3) is 0 Å². The average molecular weight is 219 g/mol. The van der Waals surface area contributed by atoms with E-state index in [4.69, 9.17) is 11.6 Å². The number of thiazole rings is 1. The van der Waals surface area contributed by atoms with Crippen molar-refractivity contribution in [2.75, 3.05) is 0 Å². The summed E-state index contributed by atoms with van der Waals surface area (Å²) in [6.07, 6.45) is 0. The number of aromatic nitrogens is 1. The van der Waals surface area contributed by atoms with Crippen molar-refractivity contribution in [3.63, 3.8) is 0 Å². The van der Waals surface area contributed by atoms with E-state index in [2.05, 4.69) is 10.3 Å². The molecular weight excluding hydrogens is 208 g/mol. The second kappa shape index (κ2) is 4.58. The number of halogens is 1. The van der Waals surface area contributed by atoms with Crippen molar-refractivity contribution in [3.05, 3.63) is 16.1 Å². The van der Waals surface area contributed by atoms with Crippen molar-refractivity contribution >= 4 is 28.8 Å². The Morgan fingerprint density at radius 1 is 1.85 bits per heavy atom. The fourth-order valence-electron chi connectivity index (χ4n) is 0.787. The molecule has 0 spiro atoms. The van der Waals surface area contributed by atoms with E-state index in [0.717, 1.165) is 10.7 Å². The summed E-state index contributed by atoms with van der Waals surface area (Å²) in [5, 5.41) is 5.06. The van der Waals surface area contributed by atoms with Gasteiger partial charge in [0.05, 0.1) is 6.54 Å². The minimum absolute atomic E-state index is 0.158. The van der Waals surface area contributed by atoms with Crippen LogP contribution in [0, 0.1) is 6.92 Å². The van der Waals surface area contributed by atoms with E-state index in [-0.39, 0.29) is 5.91 Å². The van der Waals surface area contributed by atoms with Gasteiger partial charge in [-0.1, -0.05) is 0 Å². The molecule has 0 aliphatic rings. The lowest BCUT2D eigenvalue weighted by atomic mass is 10.4. The van der Waals surface area contributed by atoms with Crippen molar-refractivity contribution in [3.8, 4) is 0 Å². The molecule has 0 fully saturated rings. The van der Waals surface area contributed by atoms with Crippen molar-refractivity contribution in [1.29, 1.82) is 0 Å². The van der Waals surface area contributed by atoms with E-state index >= 15 is 0 Å². The summed E-state index contributed by atoms with van der Waals surface area (Å²) in [6, 6.07) is 0. The summed E-state index contributed by atoms with van der Waals surface area (Å²) in [4.78, 5) is 15.3. The maximum absolute atomic E-state index is 11.1. The predicted octanol–water partition coefficient (Wildman–Crippen LogP) is 1.70. The molecule has 13 heavy (non-hydrogen) atoms. The smallest absolute Gasteiger partial charge is 0.238 e. The van der Waals surface area contributed by atoms with E-state index in [1.54, 1.807) is 6.92 Å². The zero-order valence-corrected chi connectivity index (χ0v) is 9.08. The van der Waals surface area contributed by atoms with Crippen molar-refractivity contribution in [2.45, 2.75) is 25.8 Å². The van der Waals surface area contributed by atoms with Crippen LogP contribution in [0.3, 0.4) is 0 Å². The standard InChI is InChI=1S/C8H11ClN2OS/c1-5-4-13-7(11-5)3-10-8(12)6(2)9/h4,6H,3H2,1-2H3,(H,10,12). The number of amides is 1. The summed E-state index contributed by atoms with van der Waals surface area (Å²) in [7, 11) is 0. The number of aryl methyl sites for hydroxylation is 1. The number of rotatable bonds is 3. The van der Waals surface area contributed by atoms with Crippen LogP contribution in [0.2, 0.25) is 0 Å². The Morgan fingerprint density at radius 3 is 3.00 bits per heavy atom. The van der Waals surface area contributed by atoms with Crippen molar-refractivity contribution in [2.24, 2.45) is 0 Å². The number of hydrogen-bond donors (Lipinski definition) is 1. The van der Waals surface area contributed by atoms with E-state index < -0.39 is 5.38 Å². The largest absolute Gasteiger partial charge is 0.348 e. The number of carbonyl (C=O) groups excluding carboxylic acids is 1. The van der Waals surface area contributed by atoms with Crippen molar-refractivity contribution < 1.29 is 4.79 Å². The van der Waals surface area contributed by atoms with Gasteiger partial charge in [0.15, 0.2) is 0 Å². The minimum atomic E-state index is -0.485. The maximum atomic E-state index is 11.1. The average Bonchev–Trinajstić information content (AvgIpc) is 2.47. The summed E-state index contributed by atoms with van der Waals surface area (Å²) in [5.74, 6) is -0.158. The first-order valence-corrected chi connectivity index (χ1v) is 5.24. The van der Waals surface area contributed by atoms with Gasteiger partial charge in [0.25, 0.3) is 0 Å². The zero-order chi connectivity index (χ0) is 9.84. The highest BCUT2D eigenvalue weighted by atomic mass is 35.5. The van der Waals surface area contributed by atoms with Gasteiger partial charge in [-0.05, 0) is 13.8 Å². The number of nitrogens with one attached hydrogen (secondary N) is 1. The third kappa shape index (κ3) is 3.32. The monoisotopic (exact) mass is 218 g/mol. The Labute approximate surface area is 86.1 Å². The topological polar surface area (TPSA) is 42.0 Å². The minimum Gasteiger partial charge on any atom is -0.348 e. The van der Waals surface area contributed by atoms with E-state index in [0.29, 0.717) is 6.54 Å². The van der Waals surface area contributed by atoms with Gasteiger partial charge in [0.2, 0.25) is 5.91 Å². The molecule has 1 rings (SSSR count). The molecule has 1 amide bonds. The van der Waals surface area contributed by atoms with Gasteiger partial charge in [-0.25, -0.2) is 4.98 Å². The lowest BCUT2D eigenvalue weighted by Crippen LogP contribution is -2.28. The number of hydrogen-bond acceptors (Lipinski definition) is 3. The first-order valence-electron chi connectivity index (χ1n) is 3.92. The predicted molar refractivity (Wildman–Crippen MR) is 54.0 cm³/mol. The van der Waals surface area contributed by atoms with Crippen LogP contribution < -0.4 is 5.32 Å². The third-order valence-corrected chi connectivity index (χ3v) is 2.61. The normalized spacial score (nSPS) is 12.5. The Morgan fingerprint density at radius 2 is 2.54 bits per heavy atom. The lowest BCUT2D eigenvalue weighted by Gasteiger charge is -2.03. The number of carbonyl (C=O) groups is 1. The van der Waals surface area contributed by atoms with Crippen LogP contribution in [0.4, 0.5) is 0 Å². The summed E-state index contributed by atoms with van der Waals surface area (Å²) in [6.45, 7) is 4.03. The molecule has 0 radical (unpaired) electrons.